The van der Waals surface area contributed by atoms with Crippen LogP contribution in [0.25, 0.3) is 0 Å². The van der Waals surface area contributed by atoms with Crippen molar-refractivity contribution in [3.8, 4) is 0 Å². The number of nitrogens with zero attached hydrogens (tertiary/aromatic N) is 3. The number of rotatable bonds is 6. The van der Waals surface area contributed by atoms with Gasteiger partial charge in [0.1, 0.15) is 6.04 Å². The number of carbonyl (C=O) groups excluding carboxylic acids is 1. The van der Waals surface area contributed by atoms with Gasteiger partial charge in [-0.1, -0.05) is 35.5 Å². The van der Waals surface area contributed by atoms with Crippen molar-refractivity contribution in [3.63, 3.8) is 0 Å². The lowest BCUT2D eigenvalue weighted by molar-refractivity contribution is -0.129. The zero-order valence-corrected chi connectivity index (χ0v) is 14.8. The van der Waals surface area contributed by atoms with Gasteiger partial charge in [-0.2, -0.15) is 4.98 Å². The molecule has 138 valence electrons. The molecule has 2 fully saturated rings. The molecule has 0 bridgehead atoms. The lowest BCUT2D eigenvalue weighted by Gasteiger charge is -2.22. The van der Waals surface area contributed by atoms with Gasteiger partial charge < -0.3 is 19.5 Å². The third-order valence-electron chi connectivity index (χ3n) is 5.06. The molecule has 0 spiro atoms. The molecule has 7 nitrogen and oxygen atoms in total. The van der Waals surface area contributed by atoms with E-state index in [9.17, 15) is 4.79 Å². The molecule has 2 saturated heterocycles. The average molecular weight is 356 g/mol. The lowest BCUT2D eigenvalue weighted by Crippen LogP contribution is -2.34. The standard InChI is InChI=1S/C19H24N4O3/c24-18-7-6-16(23(18)13-14-4-2-1-3-5-14)19-21-17(22-26-19)12-20-15-8-10-25-11-9-15/h1-5,15-16,20H,6-13H2/t16-/m0/s1. The molecule has 0 saturated carbocycles. The predicted molar refractivity (Wildman–Crippen MR) is 93.9 cm³/mol. The highest BCUT2D eigenvalue weighted by molar-refractivity contribution is 5.78. The molecule has 2 aromatic rings. The molecule has 2 aliphatic heterocycles. The van der Waals surface area contributed by atoms with Gasteiger partial charge in [-0.05, 0) is 24.8 Å². The first kappa shape index (κ1) is 17.2. The van der Waals surface area contributed by atoms with E-state index in [0.717, 1.165) is 38.0 Å². The summed E-state index contributed by atoms with van der Waals surface area (Å²) in [5.74, 6) is 1.32. The Morgan fingerprint density at radius 2 is 1.96 bits per heavy atom. The summed E-state index contributed by atoms with van der Waals surface area (Å²) in [7, 11) is 0. The summed E-state index contributed by atoms with van der Waals surface area (Å²) in [5, 5.41) is 7.55. The summed E-state index contributed by atoms with van der Waals surface area (Å²) >= 11 is 0. The van der Waals surface area contributed by atoms with Gasteiger partial charge in [0.05, 0.1) is 6.54 Å². The van der Waals surface area contributed by atoms with E-state index in [4.69, 9.17) is 9.26 Å². The second-order valence-electron chi connectivity index (χ2n) is 6.88. The Morgan fingerprint density at radius 1 is 1.15 bits per heavy atom. The van der Waals surface area contributed by atoms with E-state index < -0.39 is 0 Å². The van der Waals surface area contributed by atoms with Crippen molar-refractivity contribution in [2.75, 3.05) is 13.2 Å². The van der Waals surface area contributed by atoms with Crippen LogP contribution < -0.4 is 5.32 Å². The fourth-order valence-electron chi connectivity index (χ4n) is 3.58. The molecule has 26 heavy (non-hydrogen) atoms. The molecular weight excluding hydrogens is 332 g/mol. The largest absolute Gasteiger partial charge is 0.381 e. The van der Waals surface area contributed by atoms with Crippen LogP contribution >= 0.6 is 0 Å². The van der Waals surface area contributed by atoms with Gasteiger partial charge in [0.2, 0.25) is 11.8 Å². The van der Waals surface area contributed by atoms with Crippen LogP contribution in [0.15, 0.2) is 34.9 Å². The number of nitrogens with one attached hydrogen (secondary N) is 1. The molecule has 0 unspecified atom stereocenters. The average Bonchev–Trinajstić information content (AvgIpc) is 3.29. The first-order valence-electron chi connectivity index (χ1n) is 9.26. The van der Waals surface area contributed by atoms with Crippen LogP contribution in [0.5, 0.6) is 0 Å². The minimum atomic E-state index is -0.132. The molecule has 1 aromatic heterocycles. The molecule has 0 aliphatic carbocycles. The number of hydrogen-bond acceptors (Lipinski definition) is 6. The third kappa shape index (κ3) is 3.94. The number of ether oxygens (including phenoxy) is 1. The van der Waals surface area contributed by atoms with Crippen molar-refractivity contribution in [2.24, 2.45) is 0 Å². The number of carbonyl (C=O) groups is 1. The van der Waals surface area contributed by atoms with Gasteiger partial charge in [-0.15, -0.1) is 0 Å². The third-order valence-corrected chi connectivity index (χ3v) is 5.06. The van der Waals surface area contributed by atoms with Crippen molar-refractivity contribution in [1.82, 2.24) is 20.4 Å². The van der Waals surface area contributed by atoms with Crippen LogP contribution in [0, 0.1) is 0 Å². The van der Waals surface area contributed by atoms with Crippen molar-refractivity contribution in [3.05, 3.63) is 47.6 Å². The Bertz CT molecular complexity index is 727. The number of aromatic nitrogens is 2. The Hall–Kier alpha value is -2.25. The predicted octanol–water partition coefficient (Wildman–Crippen LogP) is 2.20. The van der Waals surface area contributed by atoms with E-state index in [1.54, 1.807) is 0 Å². The summed E-state index contributed by atoms with van der Waals surface area (Å²) in [6, 6.07) is 10.3. The number of hydrogen-bond donors (Lipinski definition) is 1. The van der Waals surface area contributed by atoms with E-state index in [2.05, 4.69) is 15.5 Å². The van der Waals surface area contributed by atoms with E-state index in [0.29, 0.717) is 37.3 Å². The summed E-state index contributed by atoms with van der Waals surface area (Å²) in [5.41, 5.74) is 1.11. The normalized spacial score (nSPS) is 21.5. The van der Waals surface area contributed by atoms with Crippen LogP contribution in [-0.4, -0.2) is 40.2 Å². The fraction of sp³-hybridized carbons (Fsp3) is 0.526. The molecule has 7 heteroatoms. The molecular formula is C19H24N4O3. The summed E-state index contributed by atoms with van der Waals surface area (Å²) in [6.07, 6.45) is 3.26. The molecule has 1 aromatic carbocycles. The number of likely N-dealkylation sites (tertiary alicyclic amines) is 1. The second-order valence-corrected chi connectivity index (χ2v) is 6.88. The summed E-state index contributed by atoms with van der Waals surface area (Å²) < 4.78 is 10.9. The molecule has 4 rings (SSSR count). The van der Waals surface area contributed by atoms with Gasteiger partial charge in [-0.25, -0.2) is 0 Å². The second kappa shape index (κ2) is 7.97. The quantitative estimate of drug-likeness (QED) is 0.855. The first-order chi connectivity index (χ1) is 12.8. The smallest absolute Gasteiger partial charge is 0.249 e. The monoisotopic (exact) mass is 356 g/mol. The van der Waals surface area contributed by atoms with E-state index in [-0.39, 0.29) is 11.9 Å². The number of benzene rings is 1. The molecule has 1 atom stereocenters. The van der Waals surface area contributed by atoms with Gasteiger partial charge in [0.15, 0.2) is 5.82 Å². The van der Waals surface area contributed by atoms with Crippen LogP contribution in [0.3, 0.4) is 0 Å². The van der Waals surface area contributed by atoms with Crippen LogP contribution in [0.2, 0.25) is 0 Å². The zero-order valence-electron chi connectivity index (χ0n) is 14.8. The Labute approximate surface area is 152 Å². The Kier molecular flexibility index (Phi) is 5.26. The van der Waals surface area contributed by atoms with Crippen LogP contribution in [0.1, 0.15) is 49.0 Å². The molecule has 1 amide bonds. The van der Waals surface area contributed by atoms with Crippen molar-refractivity contribution < 1.29 is 14.1 Å². The van der Waals surface area contributed by atoms with E-state index in [1.165, 1.54) is 0 Å². The van der Waals surface area contributed by atoms with Crippen molar-refractivity contribution >= 4 is 5.91 Å². The summed E-state index contributed by atoms with van der Waals surface area (Å²) in [6.45, 7) is 2.75. The SMILES string of the molecule is O=C1CC[C@@H](c2nc(CNC3CCOCC3)no2)N1Cc1ccccc1. The molecule has 3 heterocycles. The van der Waals surface area contributed by atoms with Gasteiger partial charge in [0, 0.05) is 32.2 Å². The minimum absolute atomic E-state index is 0.132. The minimum Gasteiger partial charge on any atom is -0.381 e. The van der Waals surface area contributed by atoms with Crippen LogP contribution in [-0.2, 0) is 22.6 Å². The Balaban J connectivity index is 1.39. The zero-order chi connectivity index (χ0) is 17.8. The highest BCUT2D eigenvalue weighted by Crippen LogP contribution is 2.33. The van der Waals surface area contributed by atoms with Crippen molar-refractivity contribution in [2.45, 2.75) is 50.9 Å². The highest BCUT2D eigenvalue weighted by Gasteiger charge is 2.35. The molecule has 2 aliphatic rings. The van der Waals surface area contributed by atoms with Crippen molar-refractivity contribution in [1.29, 1.82) is 0 Å². The van der Waals surface area contributed by atoms with E-state index in [1.807, 2.05) is 35.2 Å². The van der Waals surface area contributed by atoms with Crippen LogP contribution in [0.4, 0.5) is 0 Å². The van der Waals surface area contributed by atoms with Gasteiger partial charge in [-0.3, -0.25) is 4.79 Å². The van der Waals surface area contributed by atoms with Gasteiger partial charge in [0.25, 0.3) is 0 Å². The summed E-state index contributed by atoms with van der Waals surface area (Å²) in [4.78, 5) is 18.7. The first-order valence-corrected chi connectivity index (χ1v) is 9.26. The number of amides is 1. The Morgan fingerprint density at radius 3 is 2.77 bits per heavy atom. The maximum absolute atomic E-state index is 12.3. The molecule has 0 radical (unpaired) electrons. The fourth-order valence-corrected chi connectivity index (χ4v) is 3.58. The lowest BCUT2D eigenvalue weighted by atomic mass is 10.1. The van der Waals surface area contributed by atoms with E-state index >= 15 is 0 Å². The topological polar surface area (TPSA) is 80.5 Å². The maximum atomic E-state index is 12.3. The van der Waals surface area contributed by atoms with Gasteiger partial charge >= 0.3 is 0 Å². The maximum Gasteiger partial charge on any atom is 0.249 e. The highest BCUT2D eigenvalue weighted by atomic mass is 16.5. The molecule has 1 N–H and O–H groups in total.